The summed E-state index contributed by atoms with van der Waals surface area (Å²) in [4.78, 5) is 8.36. The lowest BCUT2D eigenvalue weighted by Gasteiger charge is -1.94. The zero-order valence-corrected chi connectivity index (χ0v) is 4.81. The minimum absolute atomic E-state index is 0.00540. The van der Waals surface area contributed by atoms with Gasteiger partial charge in [0.25, 0.3) is 0 Å². The number of hydrogen-bond acceptors (Lipinski definition) is 2. The van der Waals surface area contributed by atoms with Crippen LogP contribution in [0.4, 0.5) is 8.78 Å². The van der Waals surface area contributed by atoms with E-state index >= 15 is 0 Å². The van der Waals surface area contributed by atoms with E-state index in [0.29, 0.717) is 0 Å². The second kappa shape index (κ2) is 2.72. The Morgan fingerprint density at radius 2 is 2.11 bits per heavy atom. The third kappa shape index (κ3) is 7.29. The number of allylic oxidation sites excluding steroid dienone is 1. The highest BCUT2D eigenvalue weighted by atomic mass is 35.5. The predicted octanol–water partition coefficient (Wildman–Crippen LogP) is 1.61. The quantitative estimate of drug-likeness (QED) is 0.347. The van der Waals surface area contributed by atoms with Gasteiger partial charge in [-0.25, -0.2) is 0 Å². The average Bonchev–Trinajstić information content (AvgIpc) is 1.59. The number of halogens is 3. The van der Waals surface area contributed by atoms with Gasteiger partial charge in [0, 0.05) is 0 Å². The lowest BCUT2D eigenvalue weighted by Crippen LogP contribution is -2.00. The van der Waals surface area contributed by atoms with Crippen LogP contribution < -0.4 is 0 Å². The van der Waals surface area contributed by atoms with Gasteiger partial charge in [-0.05, 0) is 11.6 Å². The second-order valence-electron chi connectivity index (χ2n) is 1.14. The Bertz CT molecular complexity index is 141. The summed E-state index contributed by atoms with van der Waals surface area (Å²) in [5.41, 5.74) is 0. The molecule has 0 radical (unpaired) electrons. The minimum Gasteiger partial charge on any atom is -0.259 e. The molecule has 0 aliphatic carbocycles. The summed E-state index contributed by atoms with van der Waals surface area (Å²) in [6, 6.07) is 0. The molecule has 3 nitrogen and oxygen atoms in total. The Balaban J connectivity index is 3.86. The van der Waals surface area contributed by atoms with Gasteiger partial charge in [-0.2, -0.15) is 8.78 Å². The summed E-state index contributed by atoms with van der Waals surface area (Å²) >= 11 is 4.25. The van der Waals surface area contributed by atoms with Gasteiger partial charge in [0.1, 0.15) is 0 Å². The maximum absolute atomic E-state index is 11.5. The Hall–Kier alpha value is -0.710. The molecule has 0 aliphatic heterocycles. The SMILES string of the molecule is O=[N+]([O-])C=CC(F)(F)Cl. The lowest BCUT2D eigenvalue weighted by atomic mass is 10.6. The van der Waals surface area contributed by atoms with Crippen molar-refractivity contribution < 1.29 is 13.7 Å². The third-order valence-electron chi connectivity index (χ3n) is 0.385. The van der Waals surface area contributed by atoms with Crippen molar-refractivity contribution in [3.8, 4) is 0 Å². The highest BCUT2D eigenvalue weighted by Gasteiger charge is 2.21. The van der Waals surface area contributed by atoms with Crippen molar-refractivity contribution in [1.29, 1.82) is 0 Å². The van der Waals surface area contributed by atoms with Crippen molar-refractivity contribution >= 4 is 11.6 Å². The van der Waals surface area contributed by atoms with E-state index in [1.807, 2.05) is 0 Å². The summed E-state index contributed by atoms with van der Waals surface area (Å²) in [6.07, 6.45) is 0.0849. The molecule has 0 aromatic carbocycles. The molecule has 0 saturated carbocycles. The molecule has 0 rings (SSSR count). The highest BCUT2D eigenvalue weighted by Crippen LogP contribution is 2.19. The van der Waals surface area contributed by atoms with Gasteiger partial charge in [0.2, 0.25) is 6.20 Å². The van der Waals surface area contributed by atoms with E-state index in [1.54, 1.807) is 0 Å². The molecule has 6 heteroatoms. The van der Waals surface area contributed by atoms with Gasteiger partial charge >= 0.3 is 5.38 Å². The van der Waals surface area contributed by atoms with Crippen LogP contribution in [0, 0.1) is 10.1 Å². The van der Waals surface area contributed by atoms with Gasteiger partial charge in [-0.1, -0.05) is 0 Å². The normalized spacial score (nSPS) is 12.3. The summed E-state index contributed by atoms with van der Waals surface area (Å²) in [6.45, 7) is 0. The number of rotatable bonds is 2. The molecule has 0 aromatic heterocycles. The monoisotopic (exact) mass is 157 g/mol. The van der Waals surface area contributed by atoms with Crippen LogP contribution in [0.3, 0.4) is 0 Å². The fourth-order valence-electron chi connectivity index (χ4n) is 0.145. The molecular weight excluding hydrogens is 155 g/mol. The average molecular weight is 158 g/mol. The van der Waals surface area contributed by atoms with Crippen molar-refractivity contribution in [2.75, 3.05) is 0 Å². The number of hydrogen-bond donors (Lipinski definition) is 0. The van der Waals surface area contributed by atoms with Crippen LogP contribution in [0.25, 0.3) is 0 Å². The van der Waals surface area contributed by atoms with Gasteiger partial charge in [0.05, 0.1) is 11.0 Å². The molecule has 0 unspecified atom stereocenters. The lowest BCUT2D eigenvalue weighted by molar-refractivity contribution is -0.403. The Morgan fingerprint density at radius 3 is 2.22 bits per heavy atom. The largest absolute Gasteiger partial charge is 0.347 e. The molecule has 0 amide bonds. The summed E-state index contributed by atoms with van der Waals surface area (Å²) in [5.74, 6) is 0. The second-order valence-corrected chi connectivity index (χ2v) is 1.65. The Morgan fingerprint density at radius 1 is 1.67 bits per heavy atom. The highest BCUT2D eigenvalue weighted by molar-refractivity contribution is 6.22. The zero-order valence-electron chi connectivity index (χ0n) is 4.05. The number of nitro groups is 1. The van der Waals surface area contributed by atoms with Crippen LogP contribution in [0.5, 0.6) is 0 Å². The summed E-state index contributed by atoms with van der Waals surface area (Å²) in [7, 11) is 0. The molecule has 0 spiro atoms. The van der Waals surface area contributed by atoms with Gasteiger partial charge in [0.15, 0.2) is 0 Å². The van der Waals surface area contributed by atoms with E-state index < -0.39 is 10.3 Å². The molecular formula is C3H2ClF2NO2. The molecule has 0 aliphatic rings. The first kappa shape index (κ1) is 8.29. The fourth-order valence-corrected chi connectivity index (χ4v) is 0.202. The van der Waals surface area contributed by atoms with E-state index in [-0.39, 0.29) is 12.3 Å². The molecule has 0 heterocycles. The van der Waals surface area contributed by atoms with E-state index in [0.717, 1.165) is 0 Å². The topological polar surface area (TPSA) is 43.1 Å². The predicted molar refractivity (Wildman–Crippen MR) is 26.9 cm³/mol. The van der Waals surface area contributed by atoms with E-state index in [1.165, 1.54) is 0 Å². The van der Waals surface area contributed by atoms with Gasteiger partial charge < -0.3 is 0 Å². The molecule has 52 valence electrons. The maximum Gasteiger partial charge on any atom is 0.347 e. The van der Waals surface area contributed by atoms with Crippen molar-refractivity contribution in [2.24, 2.45) is 0 Å². The van der Waals surface area contributed by atoms with Gasteiger partial charge in [-0.15, -0.1) is 0 Å². The first-order valence-corrected chi connectivity index (χ1v) is 2.19. The van der Waals surface area contributed by atoms with Crippen LogP contribution >= 0.6 is 11.6 Å². The third-order valence-corrected chi connectivity index (χ3v) is 0.511. The van der Waals surface area contributed by atoms with E-state index in [2.05, 4.69) is 11.6 Å². The number of nitrogens with zero attached hydrogens (tertiary/aromatic N) is 1. The Labute approximate surface area is 54.1 Å². The zero-order chi connectivity index (χ0) is 7.49. The smallest absolute Gasteiger partial charge is 0.259 e. The summed E-state index contributed by atoms with van der Waals surface area (Å²) < 4.78 is 22.9. The van der Waals surface area contributed by atoms with Crippen LogP contribution in [0.2, 0.25) is 0 Å². The standard InChI is InChI=1S/C3H2ClF2NO2/c4-3(5,6)1-2-7(8)9/h1-2H. The van der Waals surface area contributed by atoms with E-state index in [4.69, 9.17) is 0 Å². The van der Waals surface area contributed by atoms with Crippen LogP contribution in [-0.2, 0) is 0 Å². The van der Waals surface area contributed by atoms with Crippen LogP contribution in [-0.4, -0.2) is 10.3 Å². The van der Waals surface area contributed by atoms with Crippen molar-refractivity contribution in [2.45, 2.75) is 5.38 Å². The first-order valence-electron chi connectivity index (χ1n) is 1.81. The molecule has 9 heavy (non-hydrogen) atoms. The molecule has 0 atom stereocenters. The molecule has 0 aromatic rings. The number of alkyl halides is 3. The van der Waals surface area contributed by atoms with Crippen LogP contribution in [0.15, 0.2) is 12.3 Å². The first-order chi connectivity index (χ1) is 3.92. The maximum atomic E-state index is 11.5. The van der Waals surface area contributed by atoms with Gasteiger partial charge in [-0.3, -0.25) is 10.1 Å². The van der Waals surface area contributed by atoms with Crippen molar-refractivity contribution in [3.63, 3.8) is 0 Å². The molecule has 0 bridgehead atoms. The van der Waals surface area contributed by atoms with E-state index in [9.17, 15) is 18.9 Å². The fraction of sp³-hybridized carbons (Fsp3) is 0.333. The van der Waals surface area contributed by atoms with Crippen LogP contribution in [0.1, 0.15) is 0 Å². The van der Waals surface area contributed by atoms with Crippen molar-refractivity contribution in [3.05, 3.63) is 22.4 Å². The van der Waals surface area contributed by atoms with Crippen molar-refractivity contribution in [1.82, 2.24) is 0 Å². The Kier molecular flexibility index (Phi) is 2.51. The molecule has 0 saturated heterocycles. The minimum atomic E-state index is -3.62. The summed E-state index contributed by atoms with van der Waals surface area (Å²) in [5, 5.41) is 5.75. The molecule has 0 fully saturated rings. The molecule has 0 N–H and O–H groups in total.